The van der Waals surface area contributed by atoms with Crippen molar-refractivity contribution in [3.63, 3.8) is 0 Å². The third-order valence-corrected chi connectivity index (χ3v) is 5.74. The minimum atomic E-state index is -0.517. The van der Waals surface area contributed by atoms with Gasteiger partial charge in [0.2, 0.25) is 0 Å². The lowest BCUT2D eigenvalue weighted by Crippen LogP contribution is -2.55. The van der Waals surface area contributed by atoms with Crippen LogP contribution in [0.2, 0.25) is 0 Å². The molecular formula is C19H31NO3. The summed E-state index contributed by atoms with van der Waals surface area (Å²) in [6.45, 7) is 8.72. The van der Waals surface area contributed by atoms with Crippen LogP contribution in [-0.2, 0) is 17.7 Å². The molecule has 4 nitrogen and oxygen atoms in total. The van der Waals surface area contributed by atoms with Crippen LogP contribution in [0.5, 0.6) is 0 Å². The van der Waals surface area contributed by atoms with E-state index < -0.39 is 5.60 Å². The van der Waals surface area contributed by atoms with Crippen LogP contribution < -0.4 is 0 Å². The Morgan fingerprint density at radius 3 is 2.70 bits per heavy atom. The lowest BCUT2D eigenvalue weighted by atomic mass is 9.70. The molecule has 0 saturated carbocycles. The van der Waals surface area contributed by atoms with Gasteiger partial charge in [-0.25, -0.2) is 0 Å². The van der Waals surface area contributed by atoms with Gasteiger partial charge in [-0.2, -0.15) is 0 Å². The van der Waals surface area contributed by atoms with Gasteiger partial charge < -0.3 is 14.3 Å². The summed E-state index contributed by atoms with van der Waals surface area (Å²) in [6.07, 6.45) is 4.99. The zero-order chi connectivity index (χ0) is 16.3. The van der Waals surface area contributed by atoms with Gasteiger partial charge >= 0.3 is 0 Å². The van der Waals surface area contributed by atoms with E-state index in [1.54, 1.807) is 0 Å². The van der Waals surface area contributed by atoms with E-state index in [0.29, 0.717) is 11.8 Å². The smallest absolute Gasteiger partial charge is 0.118 e. The van der Waals surface area contributed by atoms with Crippen molar-refractivity contribution in [2.75, 3.05) is 26.3 Å². The molecule has 0 bridgehead atoms. The Hall–Kier alpha value is -0.840. The number of furan rings is 1. The van der Waals surface area contributed by atoms with Crippen molar-refractivity contribution in [1.29, 1.82) is 0 Å². The van der Waals surface area contributed by atoms with Gasteiger partial charge in [-0.1, -0.05) is 13.8 Å². The summed E-state index contributed by atoms with van der Waals surface area (Å²) in [6, 6.07) is 4.21. The Morgan fingerprint density at radius 1 is 1.26 bits per heavy atom. The van der Waals surface area contributed by atoms with Gasteiger partial charge in [0.1, 0.15) is 11.5 Å². The molecular weight excluding hydrogens is 290 g/mol. The monoisotopic (exact) mass is 321 g/mol. The van der Waals surface area contributed by atoms with Crippen molar-refractivity contribution in [3.05, 3.63) is 23.7 Å². The van der Waals surface area contributed by atoms with E-state index in [0.717, 1.165) is 76.5 Å². The van der Waals surface area contributed by atoms with E-state index in [1.807, 2.05) is 0 Å². The first-order valence-electron chi connectivity index (χ1n) is 9.22. The van der Waals surface area contributed by atoms with Crippen LogP contribution in [0.3, 0.4) is 0 Å². The number of likely N-dealkylation sites (tertiary alicyclic amines) is 1. The lowest BCUT2D eigenvalue weighted by molar-refractivity contribution is -0.132. The standard InChI is InChI=1S/C19H31NO3/c1-3-4-17-5-6-18(23-17)14-20-10-9-19(21,15(2)13-20)16-7-11-22-12-8-16/h5-6,15-16,21H,3-4,7-14H2,1-2H3. The highest BCUT2D eigenvalue weighted by molar-refractivity contribution is 5.08. The molecule has 0 aliphatic carbocycles. The molecule has 0 aromatic carbocycles. The number of piperidine rings is 1. The first kappa shape index (κ1) is 17.0. The maximum Gasteiger partial charge on any atom is 0.118 e. The summed E-state index contributed by atoms with van der Waals surface area (Å²) in [5.74, 6) is 2.83. The molecule has 4 heteroatoms. The molecule has 2 aliphatic rings. The van der Waals surface area contributed by atoms with Gasteiger partial charge in [0, 0.05) is 32.7 Å². The molecule has 3 rings (SSSR count). The summed E-state index contributed by atoms with van der Waals surface area (Å²) in [5, 5.41) is 11.2. The fraction of sp³-hybridized carbons (Fsp3) is 0.789. The molecule has 2 aliphatic heterocycles. The van der Waals surface area contributed by atoms with Gasteiger partial charge in [0.05, 0.1) is 12.1 Å². The molecule has 0 amide bonds. The zero-order valence-electron chi connectivity index (χ0n) is 14.6. The maximum atomic E-state index is 11.2. The molecule has 1 N–H and O–H groups in total. The first-order valence-corrected chi connectivity index (χ1v) is 9.22. The third-order valence-electron chi connectivity index (χ3n) is 5.74. The highest BCUT2D eigenvalue weighted by atomic mass is 16.5. The van der Waals surface area contributed by atoms with E-state index in [2.05, 4.69) is 30.9 Å². The molecule has 3 heterocycles. The molecule has 23 heavy (non-hydrogen) atoms. The van der Waals surface area contributed by atoms with E-state index >= 15 is 0 Å². The van der Waals surface area contributed by atoms with Crippen molar-refractivity contribution in [2.24, 2.45) is 11.8 Å². The molecule has 2 atom stereocenters. The highest BCUT2D eigenvalue weighted by Gasteiger charge is 2.45. The van der Waals surface area contributed by atoms with Crippen LogP contribution in [0, 0.1) is 11.8 Å². The van der Waals surface area contributed by atoms with Crippen LogP contribution in [0.15, 0.2) is 16.5 Å². The topological polar surface area (TPSA) is 45.8 Å². The summed E-state index contributed by atoms with van der Waals surface area (Å²) < 4.78 is 11.4. The van der Waals surface area contributed by atoms with Crippen LogP contribution >= 0.6 is 0 Å². The third kappa shape index (κ3) is 3.81. The molecule has 2 saturated heterocycles. The largest absolute Gasteiger partial charge is 0.465 e. The summed E-state index contributed by atoms with van der Waals surface area (Å²) in [4.78, 5) is 2.42. The summed E-state index contributed by atoms with van der Waals surface area (Å²) >= 11 is 0. The minimum absolute atomic E-state index is 0.296. The van der Waals surface area contributed by atoms with Gasteiger partial charge in [0.15, 0.2) is 0 Å². The average Bonchev–Trinajstić information content (AvgIpc) is 2.99. The fourth-order valence-corrected chi connectivity index (χ4v) is 4.28. The molecule has 1 aromatic rings. The first-order chi connectivity index (χ1) is 11.1. The Kier molecular flexibility index (Phi) is 5.45. The minimum Gasteiger partial charge on any atom is -0.465 e. The van der Waals surface area contributed by atoms with Crippen molar-refractivity contribution in [3.8, 4) is 0 Å². The predicted molar refractivity (Wildman–Crippen MR) is 90.3 cm³/mol. The van der Waals surface area contributed by atoms with E-state index in [9.17, 15) is 5.11 Å². The van der Waals surface area contributed by atoms with Crippen molar-refractivity contribution in [2.45, 2.75) is 58.1 Å². The van der Waals surface area contributed by atoms with E-state index in [1.165, 1.54) is 0 Å². The second kappa shape index (κ2) is 7.37. The second-order valence-electron chi connectivity index (χ2n) is 7.38. The van der Waals surface area contributed by atoms with Crippen molar-refractivity contribution in [1.82, 2.24) is 4.90 Å². The average molecular weight is 321 g/mol. The van der Waals surface area contributed by atoms with Gasteiger partial charge in [-0.3, -0.25) is 4.90 Å². The van der Waals surface area contributed by atoms with Gasteiger partial charge in [-0.05, 0) is 49.7 Å². The number of aryl methyl sites for hydroxylation is 1. The Bertz CT molecular complexity index is 495. The van der Waals surface area contributed by atoms with Crippen LogP contribution in [0.25, 0.3) is 0 Å². The number of hydrogen-bond donors (Lipinski definition) is 1. The Morgan fingerprint density at radius 2 is 2.00 bits per heavy atom. The molecule has 0 spiro atoms. The SMILES string of the molecule is CCCc1ccc(CN2CCC(O)(C3CCOCC3)C(C)C2)o1. The molecule has 0 radical (unpaired) electrons. The number of rotatable bonds is 5. The number of nitrogens with zero attached hydrogens (tertiary/aromatic N) is 1. The number of hydrogen-bond acceptors (Lipinski definition) is 4. The normalized spacial score (nSPS) is 30.7. The Balaban J connectivity index is 1.56. The zero-order valence-corrected chi connectivity index (χ0v) is 14.6. The highest BCUT2D eigenvalue weighted by Crippen LogP contribution is 2.39. The van der Waals surface area contributed by atoms with Gasteiger partial charge in [-0.15, -0.1) is 0 Å². The van der Waals surface area contributed by atoms with Crippen molar-refractivity contribution < 1.29 is 14.3 Å². The quantitative estimate of drug-likeness (QED) is 0.904. The Labute approximate surface area is 139 Å². The van der Waals surface area contributed by atoms with Crippen LogP contribution in [0.1, 0.15) is 51.1 Å². The van der Waals surface area contributed by atoms with Crippen LogP contribution in [0.4, 0.5) is 0 Å². The van der Waals surface area contributed by atoms with E-state index in [-0.39, 0.29) is 0 Å². The fourth-order valence-electron chi connectivity index (χ4n) is 4.28. The predicted octanol–water partition coefficient (Wildman–Crippen LogP) is 3.23. The molecule has 1 aromatic heterocycles. The van der Waals surface area contributed by atoms with E-state index in [4.69, 9.17) is 9.15 Å². The molecule has 2 unspecified atom stereocenters. The summed E-state index contributed by atoms with van der Waals surface area (Å²) in [5.41, 5.74) is -0.517. The number of ether oxygens (including phenoxy) is 1. The molecule has 130 valence electrons. The molecule has 2 fully saturated rings. The lowest BCUT2D eigenvalue weighted by Gasteiger charge is -2.48. The maximum absolute atomic E-state index is 11.2. The second-order valence-corrected chi connectivity index (χ2v) is 7.38. The number of aliphatic hydroxyl groups is 1. The van der Waals surface area contributed by atoms with Crippen LogP contribution in [-0.4, -0.2) is 41.9 Å². The summed E-state index contributed by atoms with van der Waals surface area (Å²) in [7, 11) is 0. The van der Waals surface area contributed by atoms with Crippen molar-refractivity contribution >= 4 is 0 Å². The van der Waals surface area contributed by atoms with Gasteiger partial charge in [0.25, 0.3) is 0 Å².